The van der Waals surface area contributed by atoms with Crippen molar-refractivity contribution >= 4 is 27.5 Å². The standard InChI is InChI=1S/C22H25N3O2S/c1-16-6-5-7-18(14-16)27-17(2)22(26)25-12-10-24(11-13-25)15-21-23-19-8-3-4-9-20(19)28-21/h3-9,14,17H,10-13,15H2,1-2H3/t17-/m1/s1. The highest BCUT2D eigenvalue weighted by Gasteiger charge is 2.26. The SMILES string of the molecule is Cc1cccc(O[C@H](C)C(=O)N2CCN(Cc3nc4ccccc4s3)CC2)c1. The largest absolute Gasteiger partial charge is 0.481 e. The minimum atomic E-state index is -0.474. The smallest absolute Gasteiger partial charge is 0.263 e. The van der Waals surface area contributed by atoms with Crippen molar-refractivity contribution in [3.63, 3.8) is 0 Å². The molecule has 6 heteroatoms. The molecule has 1 fully saturated rings. The lowest BCUT2D eigenvalue weighted by Gasteiger charge is -2.35. The van der Waals surface area contributed by atoms with Crippen molar-refractivity contribution in [2.45, 2.75) is 26.5 Å². The van der Waals surface area contributed by atoms with Crippen LogP contribution in [0.5, 0.6) is 5.75 Å². The average Bonchev–Trinajstić information content (AvgIpc) is 3.10. The highest BCUT2D eigenvalue weighted by Crippen LogP contribution is 2.23. The highest BCUT2D eigenvalue weighted by atomic mass is 32.1. The zero-order chi connectivity index (χ0) is 19.5. The predicted octanol–water partition coefficient (Wildman–Crippen LogP) is 3.72. The van der Waals surface area contributed by atoms with Crippen molar-refractivity contribution in [2.75, 3.05) is 26.2 Å². The number of amides is 1. The first kappa shape index (κ1) is 18.9. The lowest BCUT2D eigenvalue weighted by molar-refractivity contribution is -0.139. The summed E-state index contributed by atoms with van der Waals surface area (Å²) in [5, 5.41) is 1.14. The van der Waals surface area contributed by atoms with Crippen molar-refractivity contribution in [3.8, 4) is 5.75 Å². The fourth-order valence-electron chi connectivity index (χ4n) is 3.51. The third kappa shape index (κ3) is 4.34. The molecule has 0 spiro atoms. The summed E-state index contributed by atoms with van der Waals surface area (Å²) in [7, 11) is 0. The number of piperazine rings is 1. The average molecular weight is 396 g/mol. The number of fused-ring (bicyclic) bond motifs is 1. The Morgan fingerprint density at radius 3 is 2.68 bits per heavy atom. The summed E-state index contributed by atoms with van der Waals surface area (Å²) in [6.45, 7) is 7.87. The number of thiazole rings is 1. The van der Waals surface area contributed by atoms with Crippen LogP contribution in [0, 0.1) is 6.92 Å². The van der Waals surface area contributed by atoms with Gasteiger partial charge < -0.3 is 9.64 Å². The van der Waals surface area contributed by atoms with Gasteiger partial charge in [0.15, 0.2) is 6.10 Å². The van der Waals surface area contributed by atoms with Crippen LogP contribution in [0.1, 0.15) is 17.5 Å². The van der Waals surface area contributed by atoms with Gasteiger partial charge in [0.1, 0.15) is 10.8 Å². The van der Waals surface area contributed by atoms with E-state index in [1.54, 1.807) is 11.3 Å². The number of nitrogens with zero attached hydrogens (tertiary/aromatic N) is 3. The molecule has 146 valence electrons. The Hall–Kier alpha value is -2.44. The molecule has 1 saturated heterocycles. The minimum Gasteiger partial charge on any atom is -0.481 e. The van der Waals surface area contributed by atoms with Gasteiger partial charge in [0.05, 0.1) is 16.8 Å². The summed E-state index contributed by atoms with van der Waals surface area (Å²) in [5.41, 5.74) is 2.19. The summed E-state index contributed by atoms with van der Waals surface area (Å²) in [6.07, 6.45) is -0.474. The third-order valence-corrected chi connectivity index (χ3v) is 6.05. The first-order chi connectivity index (χ1) is 13.6. The lowest BCUT2D eigenvalue weighted by atomic mass is 10.2. The van der Waals surface area contributed by atoms with Crippen molar-refractivity contribution in [1.82, 2.24) is 14.8 Å². The Labute approximate surface area is 169 Å². The summed E-state index contributed by atoms with van der Waals surface area (Å²) in [4.78, 5) is 21.7. The summed E-state index contributed by atoms with van der Waals surface area (Å²) < 4.78 is 7.08. The summed E-state index contributed by atoms with van der Waals surface area (Å²) >= 11 is 1.75. The zero-order valence-corrected chi connectivity index (χ0v) is 17.1. The molecule has 2 aromatic carbocycles. The molecule has 3 aromatic rings. The van der Waals surface area contributed by atoms with E-state index in [1.807, 2.05) is 49.1 Å². The molecule has 28 heavy (non-hydrogen) atoms. The molecule has 1 aromatic heterocycles. The second-order valence-electron chi connectivity index (χ2n) is 7.25. The monoisotopic (exact) mass is 395 g/mol. The Bertz CT molecular complexity index is 930. The molecule has 1 atom stereocenters. The zero-order valence-electron chi connectivity index (χ0n) is 16.3. The maximum Gasteiger partial charge on any atom is 0.263 e. The van der Waals surface area contributed by atoms with E-state index in [9.17, 15) is 4.79 Å². The van der Waals surface area contributed by atoms with Gasteiger partial charge in [-0.2, -0.15) is 0 Å². The first-order valence-electron chi connectivity index (χ1n) is 9.67. The van der Waals surface area contributed by atoms with Crippen LogP contribution in [0.25, 0.3) is 10.2 Å². The van der Waals surface area contributed by atoms with E-state index in [-0.39, 0.29) is 5.91 Å². The minimum absolute atomic E-state index is 0.0566. The number of carbonyl (C=O) groups excluding carboxylic acids is 1. The van der Waals surface area contributed by atoms with Gasteiger partial charge in [0.25, 0.3) is 5.91 Å². The van der Waals surface area contributed by atoms with Gasteiger partial charge in [-0.1, -0.05) is 24.3 Å². The van der Waals surface area contributed by atoms with E-state index < -0.39 is 6.10 Å². The Morgan fingerprint density at radius 2 is 1.93 bits per heavy atom. The second-order valence-corrected chi connectivity index (χ2v) is 8.37. The van der Waals surface area contributed by atoms with Crippen LogP contribution in [-0.2, 0) is 11.3 Å². The highest BCUT2D eigenvalue weighted by molar-refractivity contribution is 7.18. The Morgan fingerprint density at radius 1 is 1.14 bits per heavy atom. The van der Waals surface area contributed by atoms with Gasteiger partial charge in [0, 0.05) is 26.2 Å². The maximum atomic E-state index is 12.7. The van der Waals surface area contributed by atoms with Crippen LogP contribution in [-0.4, -0.2) is 53.0 Å². The first-order valence-corrected chi connectivity index (χ1v) is 10.5. The number of hydrogen-bond acceptors (Lipinski definition) is 5. The molecule has 0 aliphatic carbocycles. The fourth-order valence-corrected chi connectivity index (χ4v) is 4.52. The van der Waals surface area contributed by atoms with Crippen molar-refractivity contribution in [2.24, 2.45) is 0 Å². The molecule has 0 bridgehead atoms. The number of rotatable bonds is 5. The van der Waals surface area contributed by atoms with Gasteiger partial charge in [-0.3, -0.25) is 9.69 Å². The van der Waals surface area contributed by atoms with Crippen LogP contribution < -0.4 is 4.74 Å². The molecule has 1 aliphatic rings. The third-order valence-electron chi connectivity index (χ3n) is 5.03. The summed E-state index contributed by atoms with van der Waals surface area (Å²) in [5.74, 6) is 0.802. The molecule has 1 aliphatic heterocycles. The van der Waals surface area contributed by atoms with Crippen molar-refractivity contribution in [3.05, 3.63) is 59.1 Å². The van der Waals surface area contributed by atoms with E-state index in [1.165, 1.54) is 4.70 Å². The fraction of sp³-hybridized carbons (Fsp3) is 0.364. The van der Waals surface area contributed by atoms with Crippen molar-refractivity contribution in [1.29, 1.82) is 0 Å². The molecule has 4 rings (SSSR count). The van der Waals surface area contributed by atoms with E-state index >= 15 is 0 Å². The number of aromatic nitrogens is 1. The quantitative estimate of drug-likeness (QED) is 0.661. The Kier molecular flexibility index (Phi) is 5.59. The number of benzene rings is 2. The van der Waals surface area contributed by atoms with Crippen LogP contribution in [0.2, 0.25) is 0 Å². The van der Waals surface area contributed by atoms with E-state index in [0.29, 0.717) is 0 Å². The summed E-state index contributed by atoms with van der Waals surface area (Å²) in [6, 6.07) is 16.1. The van der Waals surface area contributed by atoms with E-state index in [4.69, 9.17) is 9.72 Å². The number of hydrogen-bond donors (Lipinski definition) is 0. The number of para-hydroxylation sites is 1. The second kappa shape index (κ2) is 8.29. The molecule has 0 unspecified atom stereocenters. The van der Waals surface area contributed by atoms with Crippen LogP contribution in [0.15, 0.2) is 48.5 Å². The molecule has 0 N–H and O–H groups in total. The van der Waals surface area contributed by atoms with Crippen LogP contribution in [0.3, 0.4) is 0 Å². The predicted molar refractivity (Wildman–Crippen MR) is 113 cm³/mol. The molecular formula is C22H25N3O2S. The number of carbonyl (C=O) groups is 1. The van der Waals surface area contributed by atoms with Crippen LogP contribution >= 0.6 is 11.3 Å². The lowest BCUT2D eigenvalue weighted by Crippen LogP contribution is -2.51. The van der Waals surface area contributed by atoms with E-state index in [0.717, 1.165) is 54.6 Å². The number of aryl methyl sites for hydroxylation is 1. The molecular weight excluding hydrogens is 370 g/mol. The van der Waals surface area contributed by atoms with Gasteiger partial charge in [-0.05, 0) is 43.7 Å². The maximum absolute atomic E-state index is 12.7. The number of ether oxygens (including phenoxy) is 1. The van der Waals surface area contributed by atoms with Crippen molar-refractivity contribution < 1.29 is 9.53 Å². The normalized spacial score (nSPS) is 16.3. The molecule has 1 amide bonds. The van der Waals surface area contributed by atoms with E-state index in [2.05, 4.69) is 23.1 Å². The molecule has 0 saturated carbocycles. The molecule has 2 heterocycles. The van der Waals surface area contributed by atoms with Gasteiger partial charge >= 0.3 is 0 Å². The topological polar surface area (TPSA) is 45.7 Å². The Balaban J connectivity index is 1.30. The molecule has 5 nitrogen and oxygen atoms in total. The van der Waals surface area contributed by atoms with Gasteiger partial charge in [0.2, 0.25) is 0 Å². The van der Waals surface area contributed by atoms with Gasteiger partial charge in [-0.15, -0.1) is 11.3 Å². The van der Waals surface area contributed by atoms with Crippen LogP contribution in [0.4, 0.5) is 0 Å². The molecule has 0 radical (unpaired) electrons. The van der Waals surface area contributed by atoms with Gasteiger partial charge in [-0.25, -0.2) is 4.98 Å².